The van der Waals surface area contributed by atoms with E-state index in [1.54, 1.807) is 4.90 Å². The Hall–Kier alpha value is -3.90. The third-order valence-electron chi connectivity index (χ3n) is 5.53. The molecule has 6 heteroatoms. The zero-order valence-electron chi connectivity index (χ0n) is 19.6. The molecule has 0 spiro atoms. The summed E-state index contributed by atoms with van der Waals surface area (Å²) in [6.45, 7) is 2.85. The topological polar surface area (TPSA) is 58.6 Å². The number of carbonyl (C=O) groups excluding carboxylic acids is 2. The van der Waals surface area contributed by atoms with Gasteiger partial charge in [0.1, 0.15) is 11.8 Å². The fourth-order valence-corrected chi connectivity index (χ4v) is 4.58. The lowest BCUT2D eigenvalue weighted by Crippen LogP contribution is -2.44. The highest BCUT2D eigenvalue weighted by Gasteiger charge is 2.32. The SMILES string of the molecule is CCOc1ccc(N(C(=O)Cc2cccs2)C(C(=O)NCc2ccccc2)c2ccccc2)cc1. The molecule has 4 rings (SSSR count). The van der Waals surface area contributed by atoms with Crippen LogP contribution in [0.3, 0.4) is 0 Å². The molecule has 0 aliphatic rings. The summed E-state index contributed by atoms with van der Waals surface area (Å²) >= 11 is 1.53. The first-order chi connectivity index (χ1) is 17.2. The van der Waals surface area contributed by atoms with E-state index in [1.165, 1.54) is 11.3 Å². The number of hydrogen-bond acceptors (Lipinski definition) is 4. The Labute approximate surface area is 210 Å². The minimum Gasteiger partial charge on any atom is -0.494 e. The second-order valence-corrected chi connectivity index (χ2v) is 9.00. The van der Waals surface area contributed by atoms with Crippen molar-refractivity contribution in [2.75, 3.05) is 11.5 Å². The van der Waals surface area contributed by atoms with E-state index < -0.39 is 6.04 Å². The summed E-state index contributed by atoms with van der Waals surface area (Å²) in [7, 11) is 0. The van der Waals surface area contributed by atoms with Crippen LogP contribution in [0, 0.1) is 0 Å². The van der Waals surface area contributed by atoms with Crippen LogP contribution in [-0.2, 0) is 22.6 Å². The van der Waals surface area contributed by atoms with Crippen molar-refractivity contribution in [3.8, 4) is 5.75 Å². The van der Waals surface area contributed by atoms with E-state index in [2.05, 4.69) is 5.32 Å². The molecule has 1 unspecified atom stereocenters. The average Bonchev–Trinajstić information content (AvgIpc) is 3.41. The Kier molecular flexibility index (Phi) is 8.30. The molecule has 3 aromatic carbocycles. The van der Waals surface area contributed by atoms with Crippen LogP contribution in [0.1, 0.15) is 29.0 Å². The Bertz CT molecular complexity index is 1210. The first-order valence-corrected chi connectivity index (χ1v) is 12.5. The van der Waals surface area contributed by atoms with E-state index in [-0.39, 0.29) is 18.2 Å². The molecular weight excluding hydrogens is 456 g/mol. The number of carbonyl (C=O) groups is 2. The molecule has 0 saturated heterocycles. The number of benzene rings is 3. The smallest absolute Gasteiger partial charge is 0.248 e. The van der Waals surface area contributed by atoms with E-state index in [1.807, 2.05) is 109 Å². The van der Waals surface area contributed by atoms with Gasteiger partial charge in [-0.15, -0.1) is 11.3 Å². The molecule has 0 radical (unpaired) electrons. The predicted molar refractivity (Wildman–Crippen MR) is 141 cm³/mol. The number of anilines is 1. The van der Waals surface area contributed by atoms with E-state index >= 15 is 0 Å². The normalized spacial score (nSPS) is 11.5. The highest BCUT2D eigenvalue weighted by Crippen LogP contribution is 2.31. The van der Waals surface area contributed by atoms with Gasteiger partial charge in [-0.25, -0.2) is 0 Å². The maximum absolute atomic E-state index is 13.7. The van der Waals surface area contributed by atoms with Gasteiger partial charge in [-0.05, 0) is 53.8 Å². The maximum Gasteiger partial charge on any atom is 0.248 e. The molecule has 0 aliphatic heterocycles. The van der Waals surface area contributed by atoms with Gasteiger partial charge < -0.3 is 10.1 Å². The standard InChI is InChI=1S/C29H28N2O3S/c1-2-34-25-17-15-24(16-18-25)31(27(32)20-26-14-9-19-35-26)28(23-12-7-4-8-13-23)29(33)30-21-22-10-5-3-6-11-22/h3-19,28H,2,20-21H2,1H3,(H,30,33). The fourth-order valence-electron chi connectivity index (χ4n) is 3.89. The van der Waals surface area contributed by atoms with Crippen LogP contribution >= 0.6 is 11.3 Å². The Balaban J connectivity index is 1.70. The molecule has 1 aromatic heterocycles. The number of ether oxygens (including phenoxy) is 1. The van der Waals surface area contributed by atoms with E-state index in [0.717, 1.165) is 16.0 Å². The van der Waals surface area contributed by atoms with Gasteiger partial charge >= 0.3 is 0 Å². The average molecular weight is 485 g/mol. The zero-order valence-corrected chi connectivity index (χ0v) is 20.4. The zero-order chi connectivity index (χ0) is 24.5. The Morgan fingerprint density at radius 3 is 2.20 bits per heavy atom. The van der Waals surface area contributed by atoms with Gasteiger partial charge in [0.05, 0.1) is 13.0 Å². The molecule has 35 heavy (non-hydrogen) atoms. The quantitative estimate of drug-likeness (QED) is 0.310. The van der Waals surface area contributed by atoms with Gasteiger partial charge in [0.15, 0.2) is 0 Å². The summed E-state index contributed by atoms with van der Waals surface area (Å²) in [5.41, 5.74) is 2.37. The molecule has 0 aliphatic carbocycles. The van der Waals surface area contributed by atoms with Crippen molar-refractivity contribution in [2.45, 2.75) is 25.9 Å². The Morgan fingerprint density at radius 1 is 0.886 bits per heavy atom. The molecular formula is C29H28N2O3S. The van der Waals surface area contributed by atoms with Crippen molar-refractivity contribution in [1.82, 2.24) is 5.32 Å². The lowest BCUT2D eigenvalue weighted by molar-refractivity contribution is -0.126. The highest BCUT2D eigenvalue weighted by atomic mass is 32.1. The van der Waals surface area contributed by atoms with E-state index in [9.17, 15) is 9.59 Å². The number of thiophene rings is 1. The summed E-state index contributed by atoms with van der Waals surface area (Å²) in [6, 6.07) is 29.5. The molecule has 1 atom stereocenters. The number of nitrogens with one attached hydrogen (secondary N) is 1. The van der Waals surface area contributed by atoms with Crippen molar-refractivity contribution in [2.24, 2.45) is 0 Å². The molecule has 0 fully saturated rings. The van der Waals surface area contributed by atoms with Gasteiger partial charge in [0.2, 0.25) is 11.8 Å². The fraction of sp³-hybridized carbons (Fsp3) is 0.172. The number of hydrogen-bond donors (Lipinski definition) is 1. The van der Waals surface area contributed by atoms with Gasteiger partial charge in [-0.2, -0.15) is 0 Å². The second kappa shape index (κ2) is 12.0. The molecule has 5 nitrogen and oxygen atoms in total. The first-order valence-electron chi connectivity index (χ1n) is 11.6. The van der Waals surface area contributed by atoms with Crippen molar-refractivity contribution >= 4 is 28.8 Å². The molecule has 178 valence electrons. The van der Waals surface area contributed by atoms with Crippen LogP contribution in [0.15, 0.2) is 102 Å². The molecule has 1 heterocycles. The van der Waals surface area contributed by atoms with Crippen molar-refractivity contribution < 1.29 is 14.3 Å². The van der Waals surface area contributed by atoms with Gasteiger partial charge in [0.25, 0.3) is 0 Å². The largest absolute Gasteiger partial charge is 0.494 e. The summed E-state index contributed by atoms with van der Waals surface area (Å²) in [5, 5.41) is 4.99. The van der Waals surface area contributed by atoms with Crippen molar-refractivity contribution in [3.63, 3.8) is 0 Å². The summed E-state index contributed by atoms with van der Waals surface area (Å²) in [4.78, 5) is 30.0. The van der Waals surface area contributed by atoms with Gasteiger partial charge in [0, 0.05) is 17.1 Å². The minimum absolute atomic E-state index is 0.152. The van der Waals surface area contributed by atoms with Crippen molar-refractivity contribution in [3.05, 3.63) is 118 Å². The summed E-state index contributed by atoms with van der Waals surface area (Å²) in [6.07, 6.45) is 0.209. The molecule has 4 aromatic rings. The van der Waals surface area contributed by atoms with Gasteiger partial charge in [-0.1, -0.05) is 66.7 Å². The number of nitrogens with zero attached hydrogens (tertiary/aromatic N) is 1. The predicted octanol–water partition coefficient (Wildman–Crippen LogP) is 5.78. The molecule has 1 N–H and O–H groups in total. The lowest BCUT2D eigenvalue weighted by Gasteiger charge is -2.31. The van der Waals surface area contributed by atoms with Crippen LogP contribution in [0.5, 0.6) is 5.75 Å². The van der Waals surface area contributed by atoms with E-state index in [4.69, 9.17) is 4.74 Å². The second-order valence-electron chi connectivity index (χ2n) is 7.96. The van der Waals surface area contributed by atoms with Crippen LogP contribution in [-0.4, -0.2) is 18.4 Å². The first kappa shape index (κ1) is 24.2. The lowest BCUT2D eigenvalue weighted by atomic mass is 10.0. The Morgan fingerprint density at radius 2 is 1.57 bits per heavy atom. The third kappa shape index (κ3) is 6.37. The van der Waals surface area contributed by atoms with Crippen LogP contribution in [0.2, 0.25) is 0 Å². The summed E-state index contributed by atoms with van der Waals surface area (Å²) < 4.78 is 5.59. The van der Waals surface area contributed by atoms with E-state index in [0.29, 0.717) is 24.6 Å². The maximum atomic E-state index is 13.7. The molecule has 0 bridgehead atoms. The number of amides is 2. The highest BCUT2D eigenvalue weighted by molar-refractivity contribution is 7.10. The molecule has 0 saturated carbocycles. The minimum atomic E-state index is -0.828. The van der Waals surface area contributed by atoms with Crippen LogP contribution in [0.4, 0.5) is 5.69 Å². The van der Waals surface area contributed by atoms with Crippen molar-refractivity contribution in [1.29, 1.82) is 0 Å². The molecule has 2 amide bonds. The third-order valence-corrected chi connectivity index (χ3v) is 6.41. The van der Waals surface area contributed by atoms with Crippen LogP contribution in [0.25, 0.3) is 0 Å². The van der Waals surface area contributed by atoms with Gasteiger partial charge in [-0.3, -0.25) is 14.5 Å². The van der Waals surface area contributed by atoms with Crippen LogP contribution < -0.4 is 15.0 Å². The summed E-state index contributed by atoms with van der Waals surface area (Å²) in [5.74, 6) is 0.320. The number of rotatable bonds is 10. The monoisotopic (exact) mass is 484 g/mol.